The minimum absolute atomic E-state index is 0.0678. The molecule has 0 saturated carbocycles. The number of amides is 1. The highest BCUT2D eigenvalue weighted by atomic mass is 16.5. The predicted molar refractivity (Wildman–Crippen MR) is 112 cm³/mol. The molecule has 1 aromatic carbocycles. The average Bonchev–Trinajstić information content (AvgIpc) is 3.28. The molecule has 1 atom stereocenters. The first-order valence-corrected chi connectivity index (χ1v) is 10.7. The fourth-order valence-corrected chi connectivity index (χ4v) is 4.00. The number of nitrogens with one attached hydrogen (secondary N) is 1. The van der Waals surface area contributed by atoms with Gasteiger partial charge in [-0.3, -0.25) is 9.69 Å². The standard InChI is InChI=1S/C22H34N4O2/c1-4-5-14-28-15-12-23-21(27)16-25-13-8-11-20(25)22-24-18-9-6-7-10-19(18)26(22)17(2)3/h6-7,9-10,17,20H,4-5,8,11-16H2,1-3H3,(H,23,27)/t20-/m0/s1. The highest BCUT2D eigenvalue weighted by Gasteiger charge is 2.32. The van der Waals surface area contributed by atoms with Crippen LogP contribution in [0.2, 0.25) is 0 Å². The van der Waals surface area contributed by atoms with Crippen LogP contribution in [-0.4, -0.2) is 53.2 Å². The molecule has 0 radical (unpaired) electrons. The van der Waals surface area contributed by atoms with Crippen molar-refractivity contribution in [2.75, 3.05) is 32.8 Å². The van der Waals surface area contributed by atoms with Crippen LogP contribution in [0.15, 0.2) is 24.3 Å². The Kier molecular flexibility index (Phi) is 7.45. The van der Waals surface area contributed by atoms with Crippen molar-refractivity contribution in [3.63, 3.8) is 0 Å². The number of nitrogens with zero attached hydrogens (tertiary/aromatic N) is 3. The molecule has 1 amide bonds. The molecule has 0 bridgehead atoms. The van der Waals surface area contributed by atoms with Gasteiger partial charge in [-0.15, -0.1) is 0 Å². The third-order valence-electron chi connectivity index (χ3n) is 5.36. The van der Waals surface area contributed by atoms with Crippen molar-refractivity contribution in [3.05, 3.63) is 30.1 Å². The lowest BCUT2D eigenvalue weighted by Gasteiger charge is -2.25. The summed E-state index contributed by atoms with van der Waals surface area (Å²) < 4.78 is 7.85. The number of unbranched alkanes of at least 4 members (excludes halogenated alkanes) is 1. The molecule has 0 aliphatic carbocycles. The number of ether oxygens (including phenoxy) is 1. The molecule has 1 fully saturated rings. The quantitative estimate of drug-likeness (QED) is 0.633. The number of imidazole rings is 1. The summed E-state index contributed by atoms with van der Waals surface area (Å²) in [5.74, 6) is 1.16. The summed E-state index contributed by atoms with van der Waals surface area (Å²) in [6.45, 7) is 9.82. The Balaban J connectivity index is 1.63. The summed E-state index contributed by atoms with van der Waals surface area (Å²) in [6.07, 6.45) is 4.34. The number of benzene rings is 1. The lowest BCUT2D eigenvalue weighted by atomic mass is 10.2. The summed E-state index contributed by atoms with van der Waals surface area (Å²) in [6, 6.07) is 8.83. The molecule has 1 N–H and O–H groups in total. The molecule has 1 aliphatic heterocycles. The van der Waals surface area contributed by atoms with Crippen LogP contribution in [0.25, 0.3) is 11.0 Å². The van der Waals surface area contributed by atoms with Crippen LogP contribution in [0.3, 0.4) is 0 Å². The van der Waals surface area contributed by atoms with Crippen LogP contribution in [0.1, 0.15) is 64.4 Å². The van der Waals surface area contributed by atoms with Gasteiger partial charge >= 0.3 is 0 Å². The molecular formula is C22H34N4O2. The number of carbonyl (C=O) groups excluding carboxylic acids is 1. The van der Waals surface area contributed by atoms with Gasteiger partial charge < -0.3 is 14.6 Å². The molecule has 1 saturated heterocycles. The number of hydrogen-bond acceptors (Lipinski definition) is 4. The lowest BCUT2D eigenvalue weighted by molar-refractivity contribution is -0.122. The van der Waals surface area contributed by atoms with E-state index in [-0.39, 0.29) is 11.9 Å². The third kappa shape index (κ3) is 4.92. The number of para-hydroxylation sites is 2. The van der Waals surface area contributed by atoms with E-state index in [1.165, 1.54) is 5.52 Å². The van der Waals surface area contributed by atoms with Gasteiger partial charge in [0, 0.05) is 19.2 Å². The number of aromatic nitrogens is 2. The van der Waals surface area contributed by atoms with Gasteiger partial charge in [0.2, 0.25) is 5.91 Å². The zero-order valence-electron chi connectivity index (χ0n) is 17.5. The molecule has 154 valence electrons. The number of carbonyl (C=O) groups is 1. The van der Waals surface area contributed by atoms with Gasteiger partial charge in [0.15, 0.2) is 0 Å². The lowest BCUT2D eigenvalue weighted by Crippen LogP contribution is -2.38. The number of likely N-dealkylation sites (tertiary alicyclic amines) is 1. The normalized spacial score (nSPS) is 17.6. The van der Waals surface area contributed by atoms with Gasteiger partial charge in [0.25, 0.3) is 0 Å². The fourth-order valence-electron chi connectivity index (χ4n) is 4.00. The second-order valence-corrected chi connectivity index (χ2v) is 7.87. The number of rotatable bonds is 10. The average molecular weight is 387 g/mol. The Hall–Kier alpha value is -1.92. The van der Waals surface area contributed by atoms with E-state index in [1.807, 2.05) is 6.07 Å². The monoisotopic (exact) mass is 386 g/mol. The summed E-state index contributed by atoms with van der Waals surface area (Å²) in [5, 5.41) is 2.99. The first kappa shape index (κ1) is 20.8. The second-order valence-electron chi connectivity index (χ2n) is 7.87. The van der Waals surface area contributed by atoms with E-state index in [1.54, 1.807) is 0 Å². The summed E-state index contributed by atoms with van der Waals surface area (Å²) in [5.41, 5.74) is 2.21. The van der Waals surface area contributed by atoms with Crippen LogP contribution in [0, 0.1) is 0 Å². The second kappa shape index (κ2) is 10.0. The maximum Gasteiger partial charge on any atom is 0.234 e. The van der Waals surface area contributed by atoms with Gasteiger partial charge in [0.05, 0.1) is 30.2 Å². The van der Waals surface area contributed by atoms with Crippen molar-refractivity contribution in [3.8, 4) is 0 Å². The van der Waals surface area contributed by atoms with Crippen LogP contribution in [0.4, 0.5) is 0 Å². The molecule has 2 aromatic rings. The van der Waals surface area contributed by atoms with E-state index in [9.17, 15) is 4.79 Å². The maximum atomic E-state index is 12.4. The van der Waals surface area contributed by atoms with Crippen molar-refractivity contribution in [2.45, 2.75) is 58.5 Å². The van der Waals surface area contributed by atoms with E-state index < -0.39 is 0 Å². The highest BCUT2D eigenvalue weighted by Crippen LogP contribution is 2.34. The smallest absolute Gasteiger partial charge is 0.234 e. The van der Waals surface area contributed by atoms with E-state index in [2.05, 4.69) is 53.8 Å². The molecule has 6 heteroatoms. The zero-order valence-corrected chi connectivity index (χ0v) is 17.5. The van der Waals surface area contributed by atoms with Gasteiger partial charge in [0.1, 0.15) is 5.82 Å². The van der Waals surface area contributed by atoms with E-state index >= 15 is 0 Å². The zero-order chi connectivity index (χ0) is 19.9. The Bertz CT molecular complexity index is 771. The summed E-state index contributed by atoms with van der Waals surface area (Å²) in [4.78, 5) is 19.6. The Morgan fingerprint density at radius 1 is 1.32 bits per heavy atom. The SMILES string of the molecule is CCCCOCCNC(=O)CN1CCC[C@H]1c1nc2ccccc2n1C(C)C. The van der Waals surface area contributed by atoms with Crippen molar-refractivity contribution in [1.29, 1.82) is 0 Å². The topological polar surface area (TPSA) is 59.4 Å². The van der Waals surface area contributed by atoms with Crippen LogP contribution >= 0.6 is 0 Å². The minimum atomic E-state index is 0.0678. The molecular weight excluding hydrogens is 352 g/mol. The summed E-state index contributed by atoms with van der Waals surface area (Å²) in [7, 11) is 0. The number of fused-ring (bicyclic) bond motifs is 1. The first-order chi connectivity index (χ1) is 13.6. The predicted octanol–water partition coefficient (Wildman–Crippen LogP) is 3.69. The molecule has 28 heavy (non-hydrogen) atoms. The fraction of sp³-hybridized carbons (Fsp3) is 0.636. The molecule has 2 heterocycles. The number of hydrogen-bond donors (Lipinski definition) is 1. The largest absolute Gasteiger partial charge is 0.380 e. The molecule has 0 spiro atoms. The van der Waals surface area contributed by atoms with Crippen LogP contribution in [-0.2, 0) is 9.53 Å². The molecule has 0 unspecified atom stereocenters. The molecule has 3 rings (SSSR count). The van der Waals surface area contributed by atoms with Gasteiger partial charge in [-0.2, -0.15) is 0 Å². The van der Waals surface area contributed by atoms with Crippen LogP contribution < -0.4 is 5.32 Å². The van der Waals surface area contributed by atoms with Crippen molar-refractivity contribution < 1.29 is 9.53 Å². The highest BCUT2D eigenvalue weighted by molar-refractivity contribution is 5.78. The minimum Gasteiger partial charge on any atom is -0.380 e. The molecule has 1 aliphatic rings. The Morgan fingerprint density at radius 2 is 2.14 bits per heavy atom. The third-order valence-corrected chi connectivity index (χ3v) is 5.36. The van der Waals surface area contributed by atoms with Crippen molar-refractivity contribution in [1.82, 2.24) is 19.8 Å². The Labute approximate surface area is 168 Å². The molecule has 1 aromatic heterocycles. The van der Waals surface area contributed by atoms with E-state index in [0.29, 0.717) is 25.7 Å². The van der Waals surface area contributed by atoms with Gasteiger partial charge in [-0.1, -0.05) is 25.5 Å². The van der Waals surface area contributed by atoms with Gasteiger partial charge in [-0.05, 0) is 51.8 Å². The van der Waals surface area contributed by atoms with Crippen molar-refractivity contribution in [2.24, 2.45) is 0 Å². The maximum absolute atomic E-state index is 12.4. The van der Waals surface area contributed by atoms with Crippen LogP contribution in [0.5, 0.6) is 0 Å². The Morgan fingerprint density at radius 3 is 2.93 bits per heavy atom. The summed E-state index contributed by atoms with van der Waals surface area (Å²) >= 11 is 0. The first-order valence-electron chi connectivity index (χ1n) is 10.7. The van der Waals surface area contributed by atoms with Gasteiger partial charge in [-0.25, -0.2) is 4.98 Å². The van der Waals surface area contributed by atoms with E-state index in [0.717, 1.165) is 50.2 Å². The van der Waals surface area contributed by atoms with E-state index in [4.69, 9.17) is 9.72 Å². The van der Waals surface area contributed by atoms with Crippen molar-refractivity contribution >= 4 is 16.9 Å². The molecule has 6 nitrogen and oxygen atoms in total.